The van der Waals surface area contributed by atoms with Crippen LogP contribution in [0.5, 0.6) is 5.75 Å². The van der Waals surface area contributed by atoms with Crippen molar-refractivity contribution in [2.45, 2.75) is 18.6 Å². The summed E-state index contributed by atoms with van der Waals surface area (Å²) in [5.74, 6) is -3.28. The molecule has 0 spiro atoms. The van der Waals surface area contributed by atoms with Crippen LogP contribution in [0.1, 0.15) is 16.8 Å². The number of nitrogens with zero attached hydrogens (tertiary/aromatic N) is 2. The quantitative estimate of drug-likeness (QED) is 0.774. The van der Waals surface area contributed by atoms with Gasteiger partial charge in [0.25, 0.3) is 5.91 Å². The molecule has 26 heavy (non-hydrogen) atoms. The molecule has 1 heterocycles. The monoisotopic (exact) mass is 371 g/mol. The van der Waals surface area contributed by atoms with Crippen molar-refractivity contribution < 1.29 is 28.2 Å². The number of carbonyl (C=O) groups is 2. The zero-order valence-corrected chi connectivity index (χ0v) is 15.0. The number of halogens is 2. The summed E-state index contributed by atoms with van der Waals surface area (Å²) in [7, 11) is 4.43. The number of carbonyl (C=O) groups excluding carboxylic acids is 2. The van der Waals surface area contributed by atoms with Crippen LogP contribution >= 0.6 is 0 Å². The van der Waals surface area contributed by atoms with Crippen LogP contribution in [0.4, 0.5) is 8.78 Å². The summed E-state index contributed by atoms with van der Waals surface area (Å²) >= 11 is 0. The number of aliphatic hydroxyl groups is 1. The van der Waals surface area contributed by atoms with Crippen molar-refractivity contribution in [3.05, 3.63) is 29.3 Å². The average Bonchev–Trinajstić information content (AvgIpc) is 2.56. The second-order valence-corrected chi connectivity index (χ2v) is 6.43. The van der Waals surface area contributed by atoms with Gasteiger partial charge in [-0.25, -0.2) is 8.78 Å². The Morgan fingerprint density at radius 2 is 1.96 bits per heavy atom. The molecular formula is C17H23F2N3O4. The summed E-state index contributed by atoms with van der Waals surface area (Å²) in [4.78, 5) is 27.2. The molecule has 1 aromatic carbocycles. The predicted octanol–water partition coefficient (Wildman–Crippen LogP) is 0.227. The summed E-state index contributed by atoms with van der Waals surface area (Å²) in [5.41, 5.74) is -0.196. The van der Waals surface area contributed by atoms with Crippen molar-refractivity contribution in [3.8, 4) is 5.75 Å². The minimum atomic E-state index is -0.977. The molecule has 1 saturated heterocycles. The molecule has 0 bridgehead atoms. The number of nitrogens with one attached hydrogen (secondary N) is 1. The van der Waals surface area contributed by atoms with Crippen LogP contribution in [0.3, 0.4) is 0 Å². The van der Waals surface area contributed by atoms with Gasteiger partial charge in [0.15, 0.2) is 17.4 Å². The van der Waals surface area contributed by atoms with Crippen molar-refractivity contribution in [1.82, 2.24) is 15.1 Å². The first-order chi connectivity index (χ1) is 12.2. The molecule has 144 valence electrons. The summed E-state index contributed by atoms with van der Waals surface area (Å²) in [6.07, 6.45) is -0.482. The van der Waals surface area contributed by atoms with E-state index >= 15 is 0 Å². The fraction of sp³-hybridized carbons (Fsp3) is 0.529. The largest absolute Gasteiger partial charge is 0.491 e. The van der Waals surface area contributed by atoms with Crippen LogP contribution in [0.2, 0.25) is 0 Å². The number of methoxy groups -OCH3 is 1. The molecule has 2 amide bonds. The van der Waals surface area contributed by atoms with E-state index in [1.165, 1.54) is 4.90 Å². The van der Waals surface area contributed by atoms with Crippen molar-refractivity contribution in [2.75, 3.05) is 40.8 Å². The Kier molecular flexibility index (Phi) is 6.49. The lowest BCUT2D eigenvalue weighted by atomic mass is 10.0. The molecule has 2 rings (SSSR count). The standard InChI is InChI=1S/C17H23F2N3O4/c1-21(2)15(24)9-22-5-4-13(14(23)8-22)20-17(25)10-6-11(18)16(26-3)12(19)7-10/h6-7,13-14,23H,4-5,8-9H2,1-3H3,(H,20,25)/t13-,14-/m1/s1. The van der Waals surface area contributed by atoms with Crippen LogP contribution in [-0.4, -0.2) is 79.7 Å². The van der Waals surface area contributed by atoms with Gasteiger partial charge in [-0.15, -0.1) is 0 Å². The van der Waals surface area contributed by atoms with Gasteiger partial charge in [0, 0.05) is 32.7 Å². The number of rotatable bonds is 5. The zero-order valence-electron chi connectivity index (χ0n) is 15.0. The van der Waals surface area contributed by atoms with E-state index in [4.69, 9.17) is 0 Å². The number of ether oxygens (including phenoxy) is 1. The summed E-state index contributed by atoms with van der Waals surface area (Å²) < 4.78 is 32.0. The van der Waals surface area contributed by atoms with E-state index in [0.29, 0.717) is 13.0 Å². The maximum atomic E-state index is 13.7. The highest BCUT2D eigenvalue weighted by atomic mass is 19.1. The summed E-state index contributed by atoms with van der Waals surface area (Å²) in [6, 6.07) is 1.20. The molecule has 0 saturated carbocycles. The van der Waals surface area contributed by atoms with Crippen LogP contribution in [-0.2, 0) is 4.79 Å². The molecule has 0 radical (unpaired) electrons. The predicted molar refractivity (Wildman–Crippen MR) is 89.9 cm³/mol. The minimum Gasteiger partial charge on any atom is -0.491 e. The highest BCUT2D eigenvalue weighted by Crippen LogP contribution is 2.23. The van der Waals surface area contributed by atoms with Gasteiger partial charge in [-0.05, 0) is 18.6 Å². The topological polar surface area (TPSA) is 82.1 Å². The fourth-order valence-corrected chi connectivity index (χ4v) is 2.78. The van der Waals surface area contributed by atoms with E-state index in [9.17, 15) is 23.5 Å². The lowest BCUT2D eigenvalue weighted by Gasteiger charge is -2.36. The lowest BCUT2D eigenvalue weighted by molar-refractivity contribution is -0.130. The van der Waals surface area contributed by atoms with E-state index in [-0.39, 0.29) is 24.6 Å². The number of likely N-dealkylation sites (N-methyl/N-ethyl adjacent to an activating group) is 1. The van der Waals surface area contributed by atoms with E-state index in [1.54, 1.807) is 19.0 Å². The molecule has 1 aliphatic rings. The van der Waals surface area contributed by atoms with Crippen LogP contribution in [0.25, 0.3) is 0 Å². The van der Waals surface area contributed by atoms with Crippen molar-refractivity contribution >= 4 is 11.8 Å². The molecule has 2 N–H and O–H groups in total. The Bertz CT molecular complexity index is 661. The van der Waals surface area contributed by atoms with Gasteiger partial charge < -0.3 is 20.1 Å². The van der Waals surface area contributed by atoms with E-state index in [0.717, 1.165) is 19.2 Å². The van der Waals surface area contributed by atoms with Crippen molar-refractivity contribution in [3.63, 3.8) is 0 Å². The number of likely N-dealkylation sites (tertiary alicyclic amines) is 1. The molecule has 2 atom stereocenters. The molecule has 0 aromatic heterocycles. The first-order valence-electron chi connectivity index (χ1n) is 8.17. The highest BCUT2D eigenvalue weighted by molar-refractivity contribution is 5.94. The first-order valence-corrected chi connectivity index (χ1v) is 8.17. The van der Waals surface area contributed by atoms with Gasteiger partial charge in [-0.1, -0.05) is 0 Å². The maximum absolute atomic E-state index is 13.7. The Morgan fingerprint density at radius 1 is 1.35 bits per heavy atom. The van der Waals surface area contributed by atoms with Crippen molar-refractivity contribution in [2.24, 2.45) is 0 Å². The minimum absolute atomic E-state index is 0.0798. The normalized spacial score (nSPS) is 20.5. The van der Waals surface area contributed by atoms with Crippen LogP contribution in [0, 0.1) is 11.6 Å². The van der Waals surface area contributed by atoms with E-state index in [1.807, 2.05) is 0 Å². The smallest absolute Gasteiger partial charge is 0.251 e. The molecule has 7 nitrogen and oxygen atoms in total. The fourth-order valence-electron chi connectivity index (χ4n) is 2.78. The van der Waals surface area contributed by atoms with Crippen LogP contribution in [0.15, 0.2) is 12.1 Å². The van der Waals surface area contributed by atoms with Crippen LogP contribution < -0.4 is 10.1 Å². The number of hydrogen-bond acceptors (Lipinski definition) is 5. The van der Waals surface area contributed by atoms with Gasteiger partial charge in [0.2, 0.25) is 5.91 Å². The van der Waals surface area contributed by atoms with Gasteiger partial charge in [0.05, 0.1) is 25.8 Å². The molecular weight excluding hydrogens is 348 g/mol. The van der Waals surface area contributed by atoms with Crippen molar-refractivity contribution in [1.29, 1.82) is 0 Å². The molecule has 0 unspecified atom stereocenters. The average molecular weight is 371 g/mol. The number of β-amino-alcohol motifs (C(OH)–C–C–N with tert-alkyl or cyclic N) is 1. The molecule has 1 aliphatic heterocycles. The maximum Gasteiger partial charge on any atom is 0.251 e. The Morgan fingerprint density at radius 3 is 2.46 bits per heavy atom. The third kappa shape index (κ3) is 4.67. The zero-order chi connectivity index (χ0) is 19.4. The first kappa shape index (κ1) is 20.1. The third-order valence-electron chi connectivity index (χ3n) is 4.30. The van der Waals surface area contributed by atoms with Gasteiger partial charge in [-0.2, -0.15) is 0 Å². The van der Waals surface area contributed by atoms with E-state index in [2.05, 4.69) is 10.1 Å². The molecule has 1 aromatic rings. The number of amides is 2. The molecule has 1 fully saturated rings. The molecule has 9 heteroatoms. The SMILES string of the molecule is COc1c(F)cc(C(=O)N[C@@H]2CCN(CC(=O)N(C)C)C[C@H]2O)cc1F. The number of hydrogen-bond donors (Lipinski definition) is 2. The Hall–Kier alpha value is -2.26. The van der Waals surface area contributed by atoms with Gasteiger partial charge in [0.1, 0.15) is 0 Å². The second-order valence-electron chi connectivity index (χ2n) is 6.43. The van der Waals surface area contributed by atoms with Gasteiger partial charge in [-0.3, -0.25) is 14.5 Å². The highest BCUT2D eigenvalue weighted by Gasteiger charge is 2.30. The Balaban J connectivity index is 1.97. The summed E-state index contributed by atoms with van der Waals surface area (Å²) in [6.45, 7) is 0.905. The third-order valence-corrected chi connectivity index (χ3v) is 4.30. The van der Waals surface area contributed by atoms with E-state index < -0.39 is 35.4 Å². The molecule has 0 aliphatic carbocycles. The number of aliphatic hydroxyl groups excluding tert-OH is 1. The number of benzene rings is 1. The number of piperidine rings is 1. The Labute approximate surface area is 150 Å². The summed E-state index contributed by atoms with van der Waals surface area (Å²) in [5, 5.41) is 12.8. The van der Waals surface area contributed by atoms with Gasteiger partial charge >= 0.3 is 0 Å². The lowest BCUT2D eigenvalue weighted by Crippen LogP contribution is -2.55. The second kappa shape index (κ2) is 8.41.